The summed E-state index contributed by atoms with van der Waals surface area (Å²) in [7, 11) is 0.216. The maximum absolute atomic E-state index is 14.9. The van der Waals surface area contributed by atoms with Gasteiger partial charge in [-0.05, 0) is 105 Å². The van der Waals surface area contributed by atoms with E-state index in [9.17, 15) is 9.00 Å². The SMILES string of the molecule is CO[C@H]1/C=C\C[C@H](C)CS(=O)(Nc2nc(C)nc3nn(C)cc23)=NC(=O)c2ccc3c(c2)N(C[C@@H]2CC[C@H]21)C[C@@]1(CCCc2cc(Cl)ccc21)CO3. The van der Waals surface area contributed by atoms with E-state index < -0.39 is 15.8 Å². The van der Waals surface area contributed by atoms with Gasteiger partial charge in [-0.2, -0.15) is 5.10 Å². The lowest BCUT2D eigenvalue weighted by Crippen LogP contribution is -2.49. The molecule has 1 fully saturated rings. The highest BCUT2D eigenvalue weighted by Gasteiger charge is 2.44. The van der Waals surface area contributed by atoms with Crippen LogP contribution < -0.4 is 14.4 Å². The number of allylic oxidation sites excluding steroid dienone is 1. The van der Waals surface area contributed by atoms with Crippen LogP contribution in [0.25, 0.3) is 11.0 Å². The Bertz CT molecular complexity index is 2200. The Morgan fingerprint density at radius 2 is 2.02 bits per heavy atom. The summed E-state index contributed by atoms with van der Waals surface area (Å²) < 4.78 is 36.9. The number of carbonyl (C=O) groups is 1. The molecule has 2 aliphatic heterocycles. The van der Waals surface area contributed by atoms with Crippen LogP contribution in [0.1, 0.15) is 66.3 Å². The van der Waals surface area contributed by atoms with Crippen molar-refractivity contribution in [3.05, 3.63) is 82.3 Å². The number of methoxy groups -OCH3 is 1. The molecule has 1 spiro atoms. The summed E-state index contributed by atoms with van der Waals surface area (Å²) >= 11 is 6.48. The van der Waals surface area contributed by atoms with Gasteiger partial charge in [-0.25, -0.2) is 14.2 Å². The molecule has 2 aromatic carbocycles. The summed E-state index contributed by atoms with van der Waals surface area (Å²) in [6.45, 7) is 5.85. The topological polar surface area (TPSA) is 124 Å². The van der Waals surface area contributed by atoms with Gasteiger partial charge in [-0.1, -0.05) is 36.7 Å². The van der Waals surface area contributed by atoms with E-state index >= 15 is 0 Å². The summed E-state index contributed by atoms with van der Waals surface area (Å²) in [5, 5.41) is 5.78. The quantitative estimate of drug-likeness (QED) is 0.221. The van der Waals surface area contributed by atoms with Crippen molar-refractivity contribution >= 4 is 50.0 Å². The third-order valence-corrected chi connectivity index (χ3v) is 13.6. The molecule has 1 unspecified atom stereocenters. The van der Waals surface area contributed by atoms with Gasteiger partial charge in [0.15, 0.2) is 11.5 Å². The van der Waals surface area contributed by atoms with E-state index in [4.69, 9.17) is 21.1 Å². The third kappa shape index (κ3) is 6.69. The zero-order valence-electron chi connectivity index (χ0n) is 30.2. The number of hydrogen-bond donors (Lipinski definition) is 1. The van der Waals surface area contributed by atoms with Crippen molar-refractivity contribution in [2.24, 2.45) is 29.2 Å². The first-order valence-corrected chi connectivity index (χ1v) is 20.3. The van der Waals surface area contributed by atoms with Gasteiger partial charge in [0.05, 0.1) is 29.5 Å². The van der Waals surface area contributed by atoms with Crippen LogP contribution in [0.5, 0.6) is 5.75 Å². The number of halogens is 1. The molecule has 4 heterocycles. The Morgan fingerprint density at radius 1 is 1.15 bits per heavy atom. The number of benzene rings is 2. The lowest BCUT2D eigenvalue weighted by atomic mass is 9.68. The van der Waals surface area contributed by atoms with Gasteiger partial charge in [0.1, 0.15) is 21.5 Å². The van der Waals surface area contributed by atoms with Crippen LogP contribution in [0.2, 0.25) is 5.02 Å². The van der Waals surface area contributed by atoms with Crippen molar-refractivity contribution in [2.45, 2.75) is 63.9 Å². The second-order valence-corrected chi connectivity index (χ2v) is 17.7. The van der Waals surface area contributed by atoms with Crippen molar-refractivity contribution < 1.29 is 18.5 Å². The fourth-order valence-electron chi connectivity index (χ4n) is 8.72. The number of fused-ring (bicyclic) bond motifs is 5. The first-order chi connectivity index (χ1) is 25.0. The number of amides is 1. The van der Waals surface area contributed by atoms with Gasteiger partial charge in [0, 0.05) is 49.4 Å². The predicted octanol–water partition coefficient (Wildman–Crippen LogP) is 7.07. The minimum Gasteiger partial charge on any atom is -0.490 e. The van der Waals surface area contributed by atoms with Crippen LogP contribution in [-0.4, -0.2) is 68.5 Å². The highest BCUT2D eigenvalue weighted by atomic mass is 35.5. The molecule has 2 aromatic heterocycles. The van der Waals surface area contributed by atoms with E-state index in [0.29, 0.717) is 53.1 Å². The summed E-state index contributed by atoms with van der Waals surface area (Å²) in [6.07, 6.45) is 11.9. The van der Waals surface area contributed by atoms with E-state index in [2.05, 4.69) is 53.3 Å². The van der Waals surface area contributed by atoms with E-state index in [1.54, 1.807) is 38.0 Å². The van der Waals surface area contributed by atoms with E-state index in [-0.39, 0.29) is 23.2 Å². The van der Waals surface area contributed by atoms with Crippen molar-refractivity contribution in [1.82, 2.24) is 19.7 Å². The van der Waals surface area contributed by atoms with Gasteiger partial charge in [0.25, 0.3) is 5.91 Å². The molecule has 6 atom stereocenters. The maximum Gasteiger partial charge on any atom is 0.286 e. The monoisotopic (exact) mass is 743 g/mol. The van der Waals surface area contributed by atoms with Gasteiger partial charge in [-0.3, -0.25) is 14.2 Å². The second kappa shape index (κ2) is 13.8. The van der Waals surface area contributed by atoms with Crippen molar-refractivity contribution in [1.29, 1.82) is 0 Å². The van der Waals surface area contributed by atoms with Gasteiger partial charge in [-0.15, -0.1) is 4.36 Å². The standard InChI is InChI=1S/C39H46ClN7O4S/c1-24-7-5-9-34(50-4)30-13-10-28(30)19-47-22-39(16-6-8-26-17-29(40)12-14-32(26)39)23-51-35-15-11-27(18-33(35)47)38(48)45-52(49,21-24)44-37-31-20-46(3)43-36(31)41-25(2)42-37/h5,9,11-12,14-15,17-18,20,24,28,30,34H,6-8,10,13,16,19,21-23H2,1-4H3,(H,41,42,43,44,45,48,49)/b9-5-/t24-,28-,30+,34-,39-,52?/m0/s1. The molecule has 0 saturated heterocycles. The number of anilines is 2. The molecule has 13 heteroatoms. The average Bonchev–Trinajstić information content (AvgIpc) is 3.39. The number of carbonyl (C=O) groups excluding carboxylic acids is 1. The fourth-order valence-corrected chi connectivity index (χ4v) is 10.9. The molecule has 1 saturated carbocycles. The molecule has 0 radical (unpaired) electrons. The highest BCUT2D eigenvalue weighted by Crippen LogP contribution is 2.47. The van der Waals surface area contributed by atoms with Crippen LogP contribution >= 0.6 is 11.6 Å². The molecule has 8 rings (SSSR count). The lowest BCUT2D eigenvalue weighted by molar-refractivity contribution is 0.0131. The van der Waals surface area contributed by atoms with Crippen molar-refractivity contribution in [3.63, 3.8) is 0 Å². The maximum atomic E-state index is 14.9. The molecule has 1 amide bonds. The molecule has 274 valence electrons. The number of nitrogens with one attached hydrogen (secondary N) is 1. The molecule has 2 aliphatic carbocycles. The third-order valence-electron chi connectivity index (χ3n) is 11.4. The predicted molar refractivity (Wildman–Crippen MR) is 205 cm³/mol. The van der Waals surface area contributed by atoms with Gasteiger partial charge >= 0.3 is 0 Å². The minimum absolute atomic E-state index is 0.0315. The Kier molecular flexibility index (Phi) is 9.28. The molecule has 4 aromatic rings. The molecule has 2 bridgehead atoms. The Labute approximate surface area is 310 Å². The number of ether oxygens (including phenoxy) is 2. The number of hydrogen-bond acceptors (Lipinski definition) is 8. The fraction of sp³-hybridized carbons (Fsp3) is 0.487. The zero-order valence-corrected chi connectivity index (χ0v) is 31.8. The van der Waals surface area contributed by atoms with Crippen LogP contribution in [0.4, 0.5) is 11.5 Å². The zero-order chi connectivity index (χ0) is 36.2. The first kappa shape index (κ1) is 35.1. The van der Waals surface area contributed by atoms with Crippen LogP contribution in [0, 0.1) is 24.7 Å². The van der Waals surface area contributed by atoms with Crippen LogP contribution in [0.15, 0.2) is 59.1 Å². The molecular formula is C39H46ClN7O4S. The summed E-state index contributed by atoms with van der Waals surface area (Å²) in [4.78, 5) is 25.6. The van der Waals surface area contributed by atoms with Gasteiger partial charge in [0.2, 0.25) is 0 Å². The number of aryl methyl sites for hydroxylation is 3. The Morgan fingerprint density at radius 3 is 2.83 bits per heavy atom. The highest BCUT2D eigenvalue weighted by molar-refractivity contribution is 7.95. The summed E-state index contributed by atoms with van der Waals surface area (Å²) in [6, 6.07) is 11.8. The van der Waals surface area contributed by atoms with Crippen molar-refractivity contribution in [2.75, 3.05) is 42.2 Å². The van der Waals surface area contributed by atoms with Crippen molar-refractivity contribution in [3.8, 4) is 5.75 Å². The van der Waals surface area contributed by atoms with E-state index in [1.165, 1.54) is 11.1 Å². The average molecular weight is 744 g/mol. The Balaban J connectivity index is 1.23. The molecule has 11 nitrogen and oxygen atoms in total. The van der Waals surface area contributed by atoms with Gasteiger partial charge < -0.3 is 14.4 Å². The first-order valence-electron chi connectivity index (χ1n) is 18.3. The summed E-state index contributed by atoms with van der Waals surface area (Å²) in [5.41, 5.74) is 4.02. The van der Waals surface area contributed by atoms with Crippen LogP contribution in [0.3, 0.4) is 0 Å². The number of rotatable bonds is 3. The lowest BCUT2D eigenvalue weighted by Gasteiger charge is -2.46. The largest absolute Gasteiger partial charge is 0.490 e. The second-order valence-electron chi connectivity index (χ2n) is 15.2. The number of nitrogens with zero attached hydrogens (tertiary/aromatic N) is 6. The van der Waals surface area contributed by atoms with E-state index in [1.807, 2.05) is 25.1 Å². The van der Waals surface area contributed by atoms with E-state index in [0.717, 1.165) is 61.7 Å². The molecule has 1 N–H and O–H groups in total. The normalized spacial score (nSPS) is 29.6. The summed E-state index contributed by atoms with van der Waals surface area (Å²) in [5.74, 6) is 1.82. The van der Waals surface area contributed by atoms with Crippen LogP contribution in [-0.2, 0) is 33.5 Å². The molecule has 52 heavy (non-hydrogen) atoms. The molecular weight excluding hydrogens is 698 g/mol. The Hall–Kier alpha value is -4.00. The smallest absolute Gasteiger partial charge is 0.286 e. The minimum atomic E-state index is -3.37. The number of aromatic nitrogens is 4. The molecule has 4 aliphatic rings.